The van der Waals surface area contributed by atoms with Crippen LogP contribution in [0.5, 0.6) is 5.75 Å². The minimum absolute atomic E-state index is 0.0327. The van der Waals surface area contributed by atoms with Gasteiger partial charge in [-0.15, -0.1) is 0 Å². The van der Waals surface area contributed by atoms with Crippen LogP contribution >= 0.6 is 0 Å². The number of fused-ring (bicyclic) bond motifs is 1. The minimum atomic E-state index is -0.314. The summed E-state index contributed by atoms with van der Waals surface area (Å²) < 4.78 is 5.64. The Labute approximate surface area is 137 Å². The summed E-state index contributed by atoms with van der Waals surface area (Å²) in [6.45, 7) is 3.80. The Morgan fingerprint density at radius 3 is 3.09 bits per heavy atom. The summed E-state index contributed by atoms with van der Waals surface area (Å²) in [5.41, 5.74) is 1.06. The van der Waals surface area contributed by atoms with Crippen molar-refractivity contribution in [1.82, 2.24) is 10.2 Å². The van der Waals surface area contributed by atoms with Crippen LogP contribution in [0.25, 0.3) is 0 Å². The molecule has 0 radical (unpaired) electrons. The van der Waals surface area contributed by atoms with Gasteiger partial charge in [-0.2, -0.15) is 0 Å². The highest BCUT2D eigenvalue weighted by Crippen LogP contribution is 2.31. The molecular weight excluding hydrogens is 292 g/mol. The average Bonchev–Trinajstić information content (AvgIpc) is 2.94. The van der Waals surface area contributed by atoms with Crippen LogP contribution in [0, 0.1) is 0 Å². The third-order valence-corrected chi connectivity index (χ3v) is 4.75. The van der Waals surface area contributed by atoms with Gasteiger partial charge in [0, 0.05) is 18.0 Å². The van der Waals surface area contributed by atoms with Gasteiger partial charge in [-0.3, -0.25) is 9.69 Å². The van der Waals surface area contributed by atoms with Crippen LogP contribution in [0.4, 0.5) is 0 Å². The van der Waals surface area contributed by atoms with Crippen LogP contribution < -0.4 is 10.1 Å². The van der Waals surface area contributed by atoms with Crippen LogP contribution in [-0.4, -0.2) is 47.8 Å². The van der Waals surface area contributed by atoms with Crippen molar-refractivity contribution in [3.8, 4) is 5.75 Å². The number of amides is 1. The number of hydrogen-bond donors (Lipinski definition) is 2. The number of hydrogen-bond acceptors (Lipinski definition) is 4. The second kappa shape index (κ2) is 7.32. The lowest BCUT2D eigenvalue weighted by molar-refractivity contribution is -0.123. The molecule has 1 fully saturated rings. The molecule has 0 spiro atoms. The van der Waals surface area contributed by atoms with Crippen LogP contribution in [-0.2, 0) is 4.79 Å². The molecule has 3 unspecified atom stereocenters. The van der Waals surface area contributed by atoms with Crippen molar-refractivity contribution in [1.29, 1.82) is 0 Å². The number of aliphatic hydroxyl groups is 1. The molecule has 2 aliphatic rings. The second-order valence-corrected chi connectivity index (χ2v) is 6.65. The first-order valence-electron chi connectivity index (χ1n) is 8.56. The van der Waals surface area contributed by atoms with E-state index in [1.54, 1.807) is 0 Å². The van der Waals surface area contributed by atoms with Crippen molar-refractivity contribution in [2.45, 2.75) is 50.8 Å². The smallest absolute Gasteiger partial charge is 0.234 e. The first-order chi connectivity index (χ1) is 11.1. The summed E-state index contributed by atoms with van der Waals surface area (Å²) in [5, 5.41) is 12.7. The van der Waals surface area contributed by atoms with E-state index >= 15 is 0 Å². The van der Waals surface area contributed by atoms with E-state index < -0.39 is 0 Å². The maximum atomic E-state index is 12.5. The molecule has 1 aromatic carbocycles. The number of carbonyl (C=O) groups is 1. The van der Waals surface area contributed by atoms with E-state index in [0.29, 0.717) is 19.2 Å². The number of likely N-dealkylation sites (tertiary alicyclic amines) is 1. The number of rotatable bonds is 5. The van der Waals surface area contributed by atoms with Gasteiger partial charge in [0.25, 0.3) is 0 Å². The lowest BCUT2D eigenvalue weighted by Crippen LogP contribution is -2.42. The van der Waals surface area contributed by atoms with E-state index in [9.17, 15) is 9.90 Å². The molecule has 2 N–H and O–H groups in total. The predicted octanol–water partition coefficient (Wildman–Crippen LogP) is 1.86. The molecule has 23 heavy (non-hydrogen) atoms. The molecule has 0 bridgehead atoms. The fourth-order valence-corrected chi connectivity index (χ4v) is 3.68. The Balaban J connectivity index is 1.58. The van der Waals surface area contributed by atoms with E-state index in [0.717, 1.165) is 43.5 Å². The molecule has 3 rings (SSSR count). The molecule has 0 aliphatic carbocycles. The molecule has 2 aliphatic heterocycles. The van der Waals surface area contributed by atoms with Crippen molar-refractivity contribution in [3.63, 3.8) is 0 Å². The van der Waals surface area contributed by atoms with Gasteiger partial charge in [0.05, 0.1) is 25.3 Å². The summed E-state index contributed by atoms with van der Waals surface area (Å²) in [5.74, 6) is 0.932. The van der Waals surface area contributed by atoms with Crippen molar-refractivity contribution < 1.29 is 14.6 Å². The van der Waals surface area contributed by atoms with Crippen molar-refractivity contribution in [2.24, 2.45) is 0 Å². The van der Waals surface area contributed by atoms with Crippen LogP contribution in [0.2, 0.25) is 0 Å². The Morgan fingerprint density at radius 2 is 2.26 bits per heavy atom. The highest BCUT2D eigenvalue weighted by atomic mass is 16.5. The van der Waals surface area contributed by atoms with E-state index in [2.05, 4.69) is 10.2 Å². The molecular formula is C18H26N2O3. The predicted molar refractivity (Wildman–Crippen MR) is 88.3 cm³/mol. The van der Waals surface area contributed by atoms with E-state index in [4.69, 9.17) is 4.74 Å². The number of nitrogens with zero attached hydrogens (tertiary/aromatic N) is 1. The summed E-state index contributed by atoms with van der Waals surface area (Å²) in [4.78, 5) is 14.7. The highest BCUT2D eigenvalue weighted by molar-refractivity contribution is 5.78. The van der Waals surface area contributed by atoms with Gasteiger partial charge >= 0.3 is 0 Å². The van der Waals surface area contributed by atoms with Gasteiger partial charge in [-0.25, -0.2) is 0 Å². The van der Waals surface area contributed by atoms with E-state index in [1.165, 1.54) is 0 Å². The Kier molecular flexibility index (Phi) is 5.18. The number of benzene rings is 1. The number of para-hydroxylation sites is 1. The fraction of sp³-hybridized carbons (Fsp3) is 0.611. The molecule has 1 amide bonds. The monoisotopic (exact) mass is 318 g/mol. The first-order valence-corrected chi connectivity index (χ1v) is 8.56. The third kappa shape index (κ3) is 4.03. The first kappa shape index (κ1) is 16.3. The van der Waals surface area contributed by atoms with Gasteiger partial charge in [-0.05, 0) is 38.8 Å². The summed E-state index contributed by atoms with van der Waals surface area (Å²) >= 11 is 0. The van der Waals surface area contributed by atoms with E-state index in [1.807, 2.05) is 31.2 Å². The lowest BCUT2D eigenvalue weighted by Gasteiger charge is -2.29. The topological polar surface area (TPSA) is 61.8 Å². The third-order valence-electron chi connectivity index (χ3n) is 4.75. The Hall–Kier alpha value is -1.59. The summed E-state index contributed by atoms with van der Waals surface area (Å²) in [6, 6.07) is 8.26. The maximum Gasteiger partial charge on any atom is 0.234 e. The molecule has 5 heteroatoms. The van der Waals surface area contributed by atoms with E-state index in [-0.39, 0.29) is 18.1 Å². The molecule has 3 atom stereocenters. The largest absolute Gasteiger partial charge is 0.493 e. The lowest BCUT2D eigenvalue weighted by atomic mass is 10.0. The average molecular weight is 318 g/mol. The number of carbonyl (C=O) groups excluding carboxylic acids is 1. The zero-order chi connectivity index (χ0) is 16.2. The Bertz CT molecular complexity index is 547. The maximum absolute atomic E-state index is 12.5. The number of nitrogens with one attached hydrogen (secondary N) is 1. The molecule has 0 aromatic heterocycles. The van der Waals surface area contributed by atoms with Gasteiger partial charge in [0.15, 0.2) is 0 Å². The molecule has 126 valence electrons. The minimum Gasteiger partial charge on any atom is -0.493 e. The fourth-order valence-electron chi connectivity index (χ4n) is 3.68. The highest BCUT2D eigenvalue weighted by Gasteiger charge is 2.29. The number of ether oxygens (including phenoxy) is 1. The molecule has 5 nitrogen and oxygen atoms in total. The van der Waals surface area contributed by atoms with Gasteiger partial charge in [-0.1, -0.05) is 18.2 Å². The molecule has 0 saturated carbocycles. The normalized spacial score (nSPS) is 25.5. The zero-order valence-corrected chi connectivity index (χ0v) is 13.7. The SMILES string of the molecule is CC(O)CC1CCCN1CC(=O)NC1CCOc2ccccc21. The number of aliphatic hydroxyl groups excluding tert-OH is 1. The molecule has 1 aromatic rings. The summed E-state index contributed by atoms with van der Waals surface area (Å²) in [7, 11) is 0. The summed E-state index contributed by atoms with van der Waals surface area (Å²) in [6.07, 6.45) is 3.40. The van der Waals surface area contributed by atoms with Crippen molar-refractivity contribution in [3.05, 3.63) is 29.8 Å². The quantitative estimate of drug-likeness (QED) is 0.870. The van der Waals surface area contributed by atoms with Crippen molar-refractivity contribution in [2.75, 3.05) is 19.7 Å². The van der Waals surface area contributed by atoms with Gasteiger partial charge < -0.3 is 15.2 Å². The molecule has 1 saturated heterocycles. The van der Waals surface area contributed by atoms with Crippen LogP contribution in [0.1, 0.15) is 44.2 Å². The standard InChI is InChI=1S/C18H26N2O3/c1-13(21)11-14-5-4-9-20(14)12-18(22)19-16-8-10-23-17-7-3-2-6-15(16)17/h2-3,6-7,13-14,16,21H,4-5,8-12H2,1H3,(H,19,22). The van der Waals surface area contributed by atoms with Crippen LogP contribution in [0.15, 0.2) is 24.3 Å². The second-order valence-electron chi connectivity index (χ2n) is 6.65. The molecule has 2 heterocycles. The van der Waals surface area contributed by atoms with Gasteiger partial charge in [0.1, 0.15) is 5.75 Å². The van der Waals surface area contributed by atoms with Gasteiger partial charge in [0.2, 0.25) is 5.91 Å². The van der Waals surface area contributed by atoms with Crippen molar-refractivity contribution >= 4 is 5.91 Å². The zero-order valence-electron chi connectivity index (χ0n) is 13.7. The Morgan fingerprint density at radius 1 is 1.43 bits per heavy atom. The van der Waals surface area contributed by atoms with Crippen LogP contribution in [0.3, 0.4) is 0 Å².